The van der Waals surface area contributed by atoms with Gasteiger partial charge in [-0.15, -0.1) is 0 Å². The number of nitrogens with zero attached hydrogens (tertiary/aromatic N) is 1. The number of carbonyl (C=O) groups excluding carboxylic acids is 2. The zero-order valence-electron chi connectivity index (χ0n) is 22.2. The Bertz CT molecular complexity index is 1800. The first-order valence-corrected chi connectivity index (χ1v) is 14.0. The van der Waals surface area contributed by atoms with Crippen molar-refractivity contribution in [2.24, 2.45) is 5.10 Å². The third kappa shape index (κ3) is 6.34. The van der Waals surface area contributed by atoms with Gasteiger partial charge in [-0.2, -0.15) is 5.10 Å². The van der Waals surface area contributed by atoms with Crippen LogP contribution in [0, 0.1) is 6.92 Å². The highest BCUT2D eigenvalue weighted by atomic mass is 79.9. The van der Waals surface area contributed by atoms with E-state index < -0.39 is 11.9 Å². The maximum atomic E-state index is 13.4. The van der Waals surface area contributed by atoms with Gasteiger partial charge in [0.15, 0.2) is 0 Å². The molecule has 0 fully saturated rings. The molecule has 0 atom stereocenters. The number of amides is 1. The van der Waals surface area contributed by atoms with Crippen molar-refractivity contribution in [1.82, 2.24) is 10.4 Å². The van der Waals surface area contributed by atoms with Crippen molar-refractivity contribution in [2.45, 2.75) is 13.8 Å². The summed E-state index contributed by atoms with van der Waals surface area (Å²) < 4.78 is 12.1. The Morgan fingerprint density at radius 3 is 2.63 bits per heavy atom. The standard InChI is InChI=1S/C32H25BrClN3O4/c1-3-40-23-12-13-27-25(17-23)29(24-9-4-5-10-26(24)34)30(36-27)31(38)37-35-18-21-16-22(33)11-14-28(21)41-32(39)20-8-6-7-19(2)15-20/h4-18,36H,3H2,1-2H3,(H,37,38). The molecule has 9 heteroatoms. The van der Waals surface area contributed by atoms with Crippen LogP contribution >= 0.6 is 27.5 Å². The summed E-state index contributed by atoms with van der Waals surface area (Å²) in [5, 5.41) is 5.46. The van der Waals surface area contributed by atoms with Crippen molar-refractivity contribution < 1.29 is 19.1 Å². The van der Waals surface area contributed by atoms with Crippen LogP contribution in [0.2, 0.25) is 5.02 Å². The largest absolute Gasteiger partial charge is 0.494 e. The molecule has 7 nitrogen and oxygen atoms in total. The van der Waals surface area contributed by atoms with Crippen LogP contribution in [0.3, 0.4) is 0 Å². The molecule has 0 spiro atoms. The minimum atomic E-state index is -0.497. The van der Waals surface area contributed by atoms with E-state index in [0.29, 0.717) is 51.1 Å². The summed E-state index contributed by atoms with van der Waals surface area (Å²) in [5.74, 6) is 0.00502. The lowest BCUT2D eigenvalue weighted by Crippen LogP contribution is -2.19. The highest BCUT2D eigenvalue weighted by molar-refractivity contribution is 9.10. The second-order valence-electron chi connectivity index (χ2n) is 9.14. The second-order valence-corrected chi connectivity index (χ2v) is 10.5. The van der Waals surface area contributed by atoms with Crippen LogP contribution in [0.4, 0.5) is 0 Å². The van der Waals surface area contributed by atoms with Gasteiger partial charge in [-0.3, -0.25) is 4.79 Å². The van der Waals surface area contributed by atoms with Crippen LogP contribution in [0.1, 0.15) is 38.9 Å². The van der Waals surface area contributed by atoms with Gasteiger partial charge in [0.05, 0.1) is 18.4 Å². The van der Waals surface area contributed by atoms with Gasteiger partial charge in [0.2, 0.25) is 0 Å². The highest BCUT2D eigenvalue weighted by Crippen LogP contribution is 2.38. The summed E-state index contributed by atoms with van der Waals surface area (Å²) in [4.78, 5) is 29.4. The van der Waals surface area contributed by atoms with E-state index in [2.05, 4.69) is 31.4 Å². The fraction of sp³-hybridized carbons (Fsp3) is 0.0938. The zero-order chi connectivity index (χ0) is 28.9. The zero-order valence-corrected chi connectivity index (χ0v) is 24.5. The van der Waals surface area contributed by atoms with Crippen LogP contribution in [-0.4, -0.2) is 29.7 Å². The van der Waals surface area contributed by atoms with Crippen LogP contribution < -0.4 is 14.9 Å². The lowest BCUT2D eigenvalue weighted by Gasteiger charge is -2.09. The minimum absolute atomic E-state index is 0.291. The molecule has 1 aromatic heterocycles. The number of ether oxygens (including phenoxy) is 2. The smallest absolute Gasteiger partial charge is 0.343 e. The third-order valence-corrected chi connectivity index (χ3v) is 7.07. The van der Waals surface area contributed by atoms with Crippen LogP contribution in [0.25, 0.3) is 22.0 Å². The minimum Gasteiger partial charge on any atom is -0.494 e. The van der Waals surface area contributed by atoms with Gasteiger partial charge in [0, 0.05) is 37.1 Å². The van der Waals surface area contributed by atoms with Gasteiger partial charge in [-0.05, 0) is 68.4 Å². The molecule has 1 amide bonds. The first kappa shape index (κ1) is 28.1. The summed E-state index contributed by atoms with van der Waals surface area (Å²) >= 11 is 9.99. The van der Waals surface area contributed by atoms with Crippen molar-refractivity contribution >= 4 is 56.5 Å². The number of halogens is 2. The molecular formula is C32H25BrClN3O4. The Balaban J connectivity index is 1.44. The van der Waals surface area contributed by atoms with Crippen molar-refractivity contribution in [3.05, 3.63) is 117 Å². The molecule has 206 valence electrons. The predicted molar refractivity (Wildman–Crippen MR) is 165 cm³/mol. The quantitative estimate of drug-likeness (QED) is 0.0788. The number of benzene rings is 4. The van der Waals surface area contributed by atoms with Gasteiger partial charge in [-0.1, -0.05) is 63.4 Å². The van der Waals surface area contributed by atoms with Gasteiger partial charge in [0.25, 0.3) is 5.91 Å². The molecule has 0 unspecified atom stereocenters. The van der Waals surface area contributed by atoms with E-state index in [4.69, 9.17) is 21.1 Å². The summed E-state index contributed by atoms with van der Waals surface area (Å²) in [6.07, 6.45) is 1.42. The van der Waals surface area contributed by atoms with Gasteiger partial charge >= 0.3 is 5.97 Å². The number of nitrogens with one attached hydrogen (secondary N) is 2. The molecule has 0 bridgehead atoms. The maximum Gasteiger partial charge on any atom is 0.343 e. The van der Waals surface area contributed by atoms with Crippen LogP contribution in [0.15, 0.2) is 94.5 Å². The molecule has 5 rings (SSSR count). The second kappa shape index (κ2) is 12.4. The lowest BCUT2D eigenvalue weighted by atomic mass is 10.0. The average molecular weight is 631 g/mol. The molecule has 5 aromatic rings. The summed E-state index contributed by atoms with van der Waals surface area (Å²) in [5.41, 5.74) is 6.82. The number of hydrazone groups is 1. The Kier molecular flexibility index (Phi) is 8.52. The monoisotopic (exact) mass is 629 g/mol. The topological polar surface area (TPSA) is 92.8 Å². The van der Waals surface area contributed by atoms with Crippen molar-refractivity contribution in [3.63, 3.8) is 0 Å². The Morgan fingerprint density at radius 1 is 1.02 bits per heavy atom. The Hall–Kier alpha value is -4.40. The van der Waals surface area contributed by atoms with E-state index in [1.165, 1.54) is 6.21 Å². The number of hydrogen-bond donors (Lipinski definition) is 2. The molecule has 0 saturated heterocycles. The number of H-pyrrole nitrogens is 1. The fourth-order valence-electron chi connectivity index (χ4n) is 4.40. The Morgan fingerprint density at radius 2 is 1.85 bits per heavy atom. The summed E-state index contributed by atoms with van der Waals surface area (Å²) in [6, 6.07) is 25.2. The van der Waals surface area contributed by atoms with E-state index in [0.717, 1.165) is 20.9 Å². The van der Waals surface area contributed by atoms with Crippen LogP contribution in [0.5, 0.6) is 11.5 Å². The number of esters is 1. The maximum absolute atomic E-state index is 13.4. The number of rotatable bonds is 8. The van der Waals surface area contributed by atoms with Crippen LogP contribution in [-0.2, 0) is 0 Å². The number of aromatic nitrogens is 1. The molecule has 4 aromatic carbocycles. The number of carbonyl (C=O) groups is 2. The molecular weight excluding hydrogens is 606 g/mol. The van der Waals surface area contributed by atoms with Crippen molar-refractivity contribution in [3.8, 4) is 22.6 Å². The third-order valence-electron chi connectivity index (χ3n) is 6.25. The van der Waals surface area contributed by atoms with Gasteiger partial charge < -0.3 is 14.5 Å². The SMILES string of the molecule is CCOc1ccc2[nH]c(C(=O)NN=Cc3cc(Br)ccc3OC(=O)c3cccc(C)c3)c(-c3ccccc3Cl)c2c1. The first-order chi connectivity index (χ1) is 19.8. The van der Waals surface area contributed by atoms with E-state index in [1.807, 2.05) is 56.3 Å². The molecule has 0 aliphatic heterocycles. The molecule has 41 heavy (non-hydrogen) atoms. The van der Waals surface area contributed by atoms with Crippen molar-refractivity contribution in [1.29, 1.82) is 0 Å². The van der Waals surface area contributed by atoms with E-state index in [1.54, 1.807) is 42.5 Å². The average Bonchev–Trinajstić information content (AvgIpc) is 3.33. The predicted octanol–water partition coefficient (Wildman–Crippen LogP) is 7.94. The van der Waals surface area contributed by atoms with E-state index in [-0.39, 0.29) is 0 Å². The van der Waals surface area contributed by atoms with E-state index in [9.17, 15) is 9.59 Å². The summed E-state index contributed by atoms with van der Waals surface area (Å²) in [7, 11) is 0. The normalized spacial score (nSPS) is 11.1. The molecule has 0 saturated carbocycles. The molecule has 0 radical (unpaired) electrons. The van der Waals surface area contributed by atoms with Gasteiger partial charge in [0.1, 0.15) is 17.2 Å². The lowest BCUT2D eigenvalue weighted by molar-refractivity contribution is 0.0734. The van der Waals surface area contributed by atoms with E-state index >= 15 is 0 Å². The molecule has 2 N–H and O–H groups in total. The first-order valence-electron chi connectivity index (χ1n) is 12.8. The molecule has 0 aliphatic rings. The number of fused-ring (bicyclic) bond motifs is 1. The molecule has 0 aliphatic carbocycles. The Labute approximate surface area is 250 Å². The number of aromatic amines is 1. The molecule has 1 heterocycles. The number of hydrogen-bond acceptors (Lipinski definition) is 5. The van der Waals surface area contributed by atoms with Gasteiger partial charge in [-0.25, -0.2) is 10.2 Å². The van der Waals surface area contributed by atoms with Crippen molar-refractivity contribution in [2.75, 3.05) is 6.61 Å². The fourth-order valence-corrected chi connectivity index (χ4v) is 5.01. The highest BCUT2D eigenvalue weighted by Gasteiger charge is 2.21. The number of aryl methyl sites for hydroxylation is 1. The summed E-state index contributed by atoms with van der Waals surface area (Å²) in [6.45, 7) is 4.32.